The zero-order chi connectivity index (χ0) is 13.8. The topological polar surface area (TPSA) is 116 Å². The third-order valence-electron chi connectivity index (χ3n) is 2.19. The van der Waals surface area contributed by atoms with Crippen molar-refractivity contribution < 1.29 is 9.90 Å². The van der Waals surface area contributed by atoms with Crippen molar-refractivity contribution >= 4 is 17.7 Å². The molecule has 0 atom stereocenters. The van der Waals surface area contributed by atoms with Gasteiger partial charge in [-0.1, -0.05) is 0 Å². The van der Waals surface area contributed by atoms with Crippen LogP contribution in [0.15, 0.2) is 27.4 Å². The molecule has 10 heteroatoms. The molecular formula is C9H10N6O3S. The van der Waals surface area contributed by atoms with Gasteiger partial charge in [0.05, 0.1) is 0 Å². The Balaban J connectivity index is 2.29. The summed E-state index contributed by atoms with van der Waals surface area (Å²) >= 11 is 0.938. The standard InChI is InChI=1S/C9H10N6O3S/c1-2-14-4-3-10-7(8(14)18)19-9-11-12-13-15(9)5-6(16)17/h3-4H,2,5H2,1H3,(H,16,17). The van der Waals surface area contributed by atoms with Crippen molar-refractivity contribution in [3.63, 3.8) is 0 Å². The Labute approximate surface area is 111 Å². The maximum absolute atomic E-state index is 11.9. The number of hydrogen-bond donors (Lipinski definition) is 1. The highest BCUT2D eigenvalue weighted by Crippen LogP contribution is 2.19. The maximum atomic E-state index is 11.9. The maximum Gasteiger partial charge on any atom is 0.325 e. The minimum atomic E-state index is -1.07. The van der Waals surface area contributed by atoms with Gasteiger partial charge in [-0.05, 0) is 29.1 Å². The molecule has 0 saturated carbocycles. The minimum Gasteiger partial charge on any atom is -0.480 e. The lowest BCUT2D eigenvalue weighted by Gasteiger charge is -2.03. The zero-order valence-corrected chi connectivity index (χ0v) is 10.7. The second kappa shape index (κ2) is 5.61. The van der Waals surface area contributed by atoms with E-state index in [1.54, 1.807) is 6.20 Å². The fraction of sp³-hybridized carbons (Fsp3) is 0.333. The number of nitrogens with zero attached hydrogens (tertiary/aromatic N) is 6. The van der Waals surface area contributed by atoms with Gasteiger partial charge in [-0.25, -0.2) is 9.67 Å². The number of aromatic nitrogens is 6. The molecule has 19 heavy (non-hydrogen) atoms. The van der Waals surface area contributed by atoms with Crippen LogP contribution in [0.1, 0.15) is 6.92 Å². The van der Waals surface area contributed by atoms with Gasteiger partial charge >= 0.3 is 5.97 Å². The van der Waals surface area contributed by atoms with E-state index in [1.807, 2.05) is 6.92 Å². The van der Waals surface area contributed by atoms with Gasteiger partial charge in [0, 0.05) is 18.9 Å². The molecule has 0 unspecified atom stereocenters. The quantitative estimate of drug-likeness (QED) is 0.779. The lowest BCUT2D eigenvalue weighted by molar-refractivity contribution is -0.138. The van der Waals surface area contributed by atoms with Crippen molar-refractivity contribution in [2.45, 2.75) is 30.2 Å². The Morgan fingerprint density at radius 2 is 2.32 bits per heavy atom. The lowest BCUT2D eigenvalue weighted by Crippen LogP contribution is -2.21. The first kappa shape index (κ1) is 13.2. The molecule has 0 aromatic carbocycles. The number of rotatable bonds is 5. The van der Waals surface area contributed by atoms with Crippen LogP contribution in [0, 0.1) is 0 Å². The normalized spacial score (nSPS) is 10.6. The Morgan fingerprint density at radius 1 is 1.53 bits per heavy atom. The molecule has 2 aromatic rings. The van der Waals surface area contributed by atoms with Crippen LogP contribution in [0.4, 0.5) is 0 Å². The predicted octanol–water partition coefficient (Wildman–Crippen LogP) is -0.514. The fourth-order valence-electron chi connectivity index (χ4n) is 1.33. The summed E-state index contributed by atoms with van der Waals surface area (Å²) in [6, 6.07) is 0. The van der Waals surface area contributed by atoms with Crippen LogP contribution < -0.4 is 5.56 Å². The van der Waals surface area contributed by atoms with Crippen LogP contribution in [-0.2, 0) is 17.9 Å². The van der Waals surface area contributed by atoms with E-state index in [-0.39, 0.29) is 22.3 Å². The molecule has 2 heterocycles. The van der Waals surface area contributed by atoms with Crippen LogP contribution in [0.5, 0.6) is 0 Å². The van der Waals surface area contributed by atoms with Crippen molar-refractivity contribution in [1.82, 2.24) is 29.8 Å². The van der Waals surface area contributed by atoms with Gasteiger partial charge < -0.3 is 9.67 Å². The van der Waals surface area contributed by atoms with Crippen molar-refractivity contribution in [2.75, 3.05) is 0 Å². The van der Waals surface area contributed by atoms with Crippen LogP contribution >= 0.6 is 11.8 Å². The largest absolute Gasteiger partial charge is 0.480 e. The summed E-state index contributed by atoms with van der Waals surface area (Å²) < 4.78 is 2.58. The Morgan fingerprint density at radius 3 is 3.00 bits per heavy atom. The van der Waals surface area contributed by atoms with E-state index in [1.165, 1.54) is 10.8 Å². The molecule has 0 amide bonds. The van der Waals surface area contributed by atoms with Crippen LogP contribution in [-0.4, -0.2) is 40.8 Å². The summed E-state index contributed by atoms with van der Waals surface area (Å²) in [4.78, 5) is 26.5. The Kier molecular flexibility index (Phi) is 3.90. The molecule has 100 valence electrons. The van der Waals surface area contributed by atoms with Gasteiger partial charge in [-0.2, -0.15) is 0 Å². The summed E-state index contributed by atoms with van der Waals surface area (Å²) in [5, 5.41) is 19.7. The van der Waals surface area contributed by atoms with E-state index >= 15 is 0 Å². The summed E-state index contributed by atoms with van der Waals surface area (Å²) in [7, 11) is 0. The average Bonchev–Trinajstić information content (AvgIpc) is 2.78. The number of hydrogen-bond acceptors (Lipinski definition) is 7. The number of aliphatic carboxylic acids is 1. The van der Waals surface area contributed by atoms with E-state index in [0.29, 0.717) is 6.54 Å². The first-order valence-electron chi connectivity index (χ1n) is 5.33. The predicted molar refractivity (Wildman–Crippen MR) is 63.7 cm³/mol. The number of carbonyl (C=O) groups is 1. The molecule has 0 aliphatic heterocycles. The number of tetrazole rings is 1. The Hall–Kier alpha value is -2.23. The SMILES string of the molecule is CCn1ccnc(Sc2nnnn2CC(=O)O)c1=O. The Bertz CT molecular complexity index is 651. The first-order chi connectivity index (χ1) is 9.11. The van der Waals surface area contributed by atoms with Gasteiger partial charge in [-0.15, -0.1) is 5.10 Å². The summed E-state index contributed by atoms with van der Waals surface area (Å²) in [6.07, 6.45) is 3.07. The van der Waals surface area contributed by atoms with Gasteiger partial charge in [0.2, 0.25) is 5.16 Å². The molecule has 1 N–H and O–H groups in total. The molecule has 2 rings (SSSR count). The molecule has 0 aliphatic rings. The van der Waals surface area contributed by atoms with Crippen molar-refractivity contribution in [3.8, 4) is 0 Å². The minimum absolute atomic E-state index is 0.200. The first-order valence-corrected chi connectivity index (χ1v) is 6.14. The summed E-state index contributed by atoms with van der Waals surface area (Å²) in [5.74, 6) is -1.07. The molecule has 0 saturated heterocycles. The zero-order valence-electron chi connectivity index (χ0n) is 9.92. The third-order valence-corrected chi connectivity index (χ3v) is 3.14. The highest BCUT2D eigenvalue weighted by Gasteiger charge is 2.14. The van der Waals surface area contributed by atoms with E-state index < -0.39 is 5.97 Å². The van der Waals surface area contributed by atoms with Crippen LogP contribution in [0.2, 0.25) is 0 Å². The molecule has 0 bridgehead atoms. The number of carboxylic acid groups (broad SMARTS) is 1. The van der Waals surface area contributed by atoms with E-state index in [4.69, 9.17) is 5.11 Å². The van der Waals surface area contributed by atoms with Crippen molar-refractivity contribution in [2.24, 2.45) is 0 Å². The molecule has 0 radical (unpaired) electrons. The van der Waals surface area contributed by atoms with Gasteiger partial charge in [0.25, 0.3) is 5.56 Å². The monoisotopic (exact) mass is 282 g/mol. The number of aryl methyl sites for hydroxylation is 1. The van der Waals surface area contributed by atoms with E-state index in [0.717, 1.165) is 16.4 Å². The molecule has 0 fully saturated rings. The second-order valence-electron chi connectivity index (χ2n) is 3.44. The van der Waals surface area contributed by atoms with Crippen molar-refractivity contribution in [3.05, 3.63) is 22.7 Å². The summed E-state index contributed by atoms with van der Waals surface area (Å²) in [5.41, 5.74) is -0.264. The third kappa shape index (κ3) is 2.96. The second-order valence-corrected chi connectivity index (χ2v) is 4.39. The van der Waals surface area contributed by atoms with Gasteiger partial charge in [0.1, 0.15) is 6.54 Å². The van der Waals surface area contributed by atoms with Crippen LogP contribution in [0.3, 0.4) is 0 Å². The average molecular weight is 282 g/mol. The van der Waals surface area contributed by atoms with Gasteiger partial charge in [0.15, 0.2) is 5.03 Å². The van der Waals surface area contributed by atoms with E-state index in [2.05, 4.69) is 20.5 Å². The van der Waals surface area contributed by atoms with Crippen molar-refractivity contribution in [1.29, 1.82) is 0 Å². The number of carboxylic acids is 1. The molecule has 0 aliphatic carbocycles. The lowest BCUT2D eigenvalue weighted by atomic mass is 10.6. The molecule has 0 spiro atoms. The summed E-state index contributed by atoms with van der Waals surface area (Å²) in [6.45, 7) is 1.99. The van der Waals surface area contributed by atoms with Gasteiger partial charge in [-0.3, -0.25) is 9.59 Å². The van der Waals surface area contributed by atoms with E-state index in [9.17, 15) is 9.59 Å². The fourth-order valence-corrected chi connectivity index (χ4v) is 2.10. The smallest absolute Gasteiger partial charge is 0.325 e. The highest BCUT2D eigenvalue weighted by atomic mass is 32.2. The molecule has 9 nitrogen and oxygen atoms in total. The molecule has 2 aromatic heterocycles. The highest BCUT2D eigenvalue weighted by molar-refractivity contribution is 7.99. The van der Waals surface area contributed by atoms with Crippen LogP contribution in [0.25, 0.3) is 0 Å². The molecular weight excluding hydrogens is 272 g/mol.